The number of benzene rings is 1. The van der Waals surface area contributed by atoms with Crippen molar-refractivity contribution in [1.29, 1.82) is 0 Å². The molecule has 2 heterocycles. The minimum Gasteiger partial charge on any atom is -0.283 e. The number of aromatic nitrogens is 1. The number of thioether (sulfide) groups is 1. The second kappa shape index (κ2) is 8.21. The van der Waals surface area contributed by atoms with Gasteiger partial charge in [-0.05, 0) is 67.6 Å². The van der Waals surface area contributed by atoms with E-state index in [2.05, 4.69) is 44.0 Å². The summed E-state index contributed by atoms with van der Waals surface area (Å²) in [6, 6.07) is 6.66. The molecule has 0 spiro atoms. The van der Waals surface area contributed by atoms with Crippen LogP contribution in [0.4, 0.5) is 5.13 Å². The molecular weight excluding hydrogens is 386 g/mol. The number of amidine groups is 1. The third kappa shape index (κ3) is 3.80. The molecule has 0 bridgehead atoms. The molecule has 1 saturated heterocycles. The van der Waals surface area contributed by atoms with Crippen LogP contribution in [0.25, 0.3) is 5.57 Å². The number of allylic oxidation sites excluding steroid dienone is 1. The number of thiazole rings is 1. The van der Waals surface area contributed by atoms with Gasteiger partial charge in [0, 0.05) is 17.6 Å². The van der Waals surface area contributed by atoms with Gasteiger partial charge >= 0.3 is 0 Å². The number of carbonyl (C=O) groups excluding carboxylic acids is 1. The van der Waals surface area contributed by atoms with Crippen LogP contribution >= 0.6 is 23.1 Å². The summed E-state index contributed by atoms with van der Waals surface area (Å²) < 4.78 is 0. The second-order valence-corrected chi connectivity index (χ2v) is 9.38. The molecule has 0 unspecified atom stereocenters. The summed E-state index contributed by atoms with van der Waals surface area (Å²) in [5, 5.41) is 3.41. The molecule has 0 N–H and O–H groups in total. The number of aliphatic imine (C=N–C) groups is 1. The maximum Gasteiger partial charge on any atom is 0.267 e. The molecule has 2 aromatic rings. The fourth-order valence-electron chi connectivity index (χ4n) is 3.81. The van der Waals surface area contributed by atoms with E-state index in [9.17, 15) is 4.79 Å². The number of hydrogen-bond donors (Lipinski definition) is 0. The SMILES string of the molecule is C/C(=C1/S/C(=N/c2nccs2)N(C2CCCCC2)C1=O)c1ccc(C)c(C)c1. The van der Waals surface area contributed by atoms with Crippen LogP contribution in [0.3, 0.4) is 0 Å². The van der Waals surface area contributed by atoms with Crippen molar-refractivity contribution in [3.63, 3.8) is 0 Å². The maximum absolute atomic E-state index is 13.5. The molecule has 4 nitrogen and oxygen atoms in total. The molecule has 1 saturated carbocycles. The van der Waals surface area contributed by atoms with Crippen LogP contribution in [0, 0.1) is 13.8 Å². The van der Waals surface area contributed by atoms with Crippen LogP contribution in [0.1, 0.15) is 55.7 Å². The van der Waals surface area contributed by atoms with Crippen LogP contribution < -0.4 is 0 Å². The summed E-state index contributed by atoms with van der Waals surface area (Å²) in [5.41, 5.74) is 4.65. The Hall–Kier alpha value is -1.92. The first kappa shape index (κ1) is 19.4. The molecular formula is C22H25N3OS2. The Kier molecular flexibility index (Phi) is 5.69. The van der Waals surface area contributed by atoms with E-state index in [4.69, 9.17) is 4.99 Å². The Bertz CT molecular complexity index is 941. The van der Waals surface area contributed by atoms with E-state index in [1.165, 1.54) is 53.5 Å². The monoisotopic (exact) mass is 411 g/mol. The van der Waals surface area contributed by atoms with Crippen molar-refractivity contribution in [2.75, 3.05) is 0 Å². The van der Waals surface area contributed by atoms with Gasteiger partial charge in [-0.3, -0.25) is 9.69 Å². The third-order valence-corrected chi connectivity index (χ3v) is 7.46. The van der Waals surface area contributed by atoms with Gasteiger partial charge in [0.2, 0.25) is 5.13 Å². The lowest BCUT2D eigenvalue weighted by atomic mass is 9.94. The van der Waals surface area contributed by atoms with Gasteiger partial charge in [-0.2, -0.15) is 4.99 Å². The first-order chi connectivity index (χ1) is 13.5. The lowest BCUT2D eigenvalue weighted by Crippen LogP contribution is -2.40. The Balaban J connectivity index is 1.74. The fourth-order valence-corrected chi connectivity index (χ4v) is 5.48. The topological polar surface area (TPSA) is 45.6 Å². The molecule has 4 rings (SSSR count). The number of amides is 1. The highest BCUT2D eigenvalue weighted by atomic mass is 32.2. The molecule has 0 atom stereocenters. The summed E-state index contributed by atoms with van der Waals surface area (Å²) >= 11 is 3.01. The molecule has 1 aliphatic heterocycles. The van der Waals surface area contributed by atoms with Crippen molar-refractivity contribution >= 4 is 44.9 Å². The highest BCUT2D eigenvalue weighted by Crippen LogP contribution is 2.41. The fraction of sp³-hybridized carbons (Fsp3) is 0.409. The lowest BCUT2D eigenvalue weighted by molar-refractivity contribution is -0.124. The summed E-state index contributed by atoms with van der Waals surface area (Å²) in [6.07, 6.45) is 7.48. The number of hydrogen-bond acceptors (Lipinski definition) is 5. The average Bonchev–Trinajstić information content (AvgIpc) is 3.32. The van der Waals surface area contributed by atoms with E-state index < -0.39 is 0 Å². The quantitative estimate of drug-likeness (QED) is 0.574. The zero-order valence-corrected chi connectivity index (χ0v) is 18.2. The van der Waals surface area contributed by atoms with Gasteiger partial charge in [0.25, 0.3) is 5.91 Å². The van der Waals surface area contributed by atoms with E-state index >= 15 is 0 Å². The van der Waals surface area contributed by atoms with Gasteiger partial charge < -0.3 is 0 Å². The Morgan fingerprint density at radius 1 is 1.18 bits per heavy atom. The number of carbonyl (C=O) groups is 1. The number of nitrogens with zero attached hydrogens (tertiary/aromatic N) is 3. The number of aryl methyl sites for hydroxylation is 2. The second-order valence-electron chi connectivity index (χ2n) is 7.53. The van der Waals surface area contributed by atoms with Crippen LogP contribution in [-0.4, -0.2) is 27.0 Å². The standard InChI is InChI=1S/C22H25N3OS2/c1-14-9-10-17(13-15(14)2)16(3)19-20(26)25(18-7-5-4-6-8-18)22(28-19)24-21-23-11-12-27-21/h9-13,18H,4-8H2,1-3H3/b19-16-,24-22+. The summed E-state index contributed by atoms with van der Waals surface area (Å²) in [6.45, 7) is 6.28. The van der Waals surface area contributed by atoms with Gasteiger partial charge in [0.1, 0.15) is 0 Å². The molecule has 2 aliphatic rings. The molecule has 0 radical (unpaired) electrons. The third-order valence-electron chi connectivity index (χ3n) is 5.64. The average molecular weight is 412 g/mol. The Labute approximate surface area is 174 Å². The molecule has 146 valence electrons. The van der Waals surface area contributed by atoms with Crippen molar-refractivity contribution in [3.05, 3.63) is 51.4 Å². The van der Waals surface area contributed by atoms with Crippen LogP contribution in [-0.2, 0) is 4.79 Å². The largest absolute Gasteiger partial charge is 0.283 e. The molecule has 1 aromatic heterocycles. The minimum absolute atomic E-state index is 0.0999. The van der Waals surface area contributed by atoms with Gasteiger partial charge in [-0.1, -0.05) is 37.5 Å². The zero-order valence-electron chi connectivity index (χ0n) is 16.6. The summed E-state index contributed by atoms with van der Waals surface area (Å²) in [4.78, 5) is 25.2. The normalized spacial score (nSPS) is 21.6. The van der Waals surface area contributed by atoms with Crippen LogP contribution in [0.5, 0.6) is 0 Å². The predicted molar refractivity (Wildman–Crippen MR) is 119 cm³/mol. The molecule has 1 amide bonds. The maximum atomic E-state index is 13.5. The molecule has 28 heavy (non-hydrogen) atoms. The lowest BCUT2D eigenvalue weighted by Gasteiger charge is -2.30. The predicted octanol–water partition coefficient (Wildman–Crippen LogP) is 6.09. The van der Waals surface area contributed by atoms with E-state index in [0.29, 0.717) is 5.13 Å². The van der Waals surface area contributed by atoms with Gasteiger partial charge in [0.05, 0.1) is 4.91 Å². The van der Waals surface area contributed by atoms with Crippen molar-refractivity contribution in [2.24, 2.45) is 4.99 Å². The van der Waals surface area contributed by atoms with Gasteiger partial charge in [0.15, 0.2) is 5.17 Å². The first-order valence-electron chi connectivity index (χ1n) is 9.82. The first-order valence-corrected chi connectivity index (χ1v) is 11.5. The van der Waals surface area contributed by atoms with Gasteiger partial charge in [-0.25, -0.2) is 4.98 Å². The van der Waals surface area contributed by atoms with Crippen LogP contribution in [0.2, 0.25) is 0 Å². The van der Waals surface area contributed by atoms with E-state index in [1.54, 1.807) is 6.20 Å². The summed E-state index contributed by atoms with van der Waals surface area (Å²) in [7, 11) is 0. The molecule has 1 aromatic carbocycles. The van der Waals surface area contributed by atoms with Gasteiger partial charge in [-0.15, -0.1) is 11.3 Å². The highest BCUT2D eigenvalue weighted by Gasteiger charge is 2.40. The van der Waals surface area contributed by atoms with E-state index in [-0.39, 0.29) is 11.9 Å². The van der Waals surface area contributed by atoms with E-state index in [1.807, 2.05) is 10.3 Å². The number of rotatable bonds is 3. The highest BCUT2D eigenvalue weighted by molar-refractivity contribution is 8.18. The van der Waals surface area contributed by atoms with Crippen molar-refractivity contribution in [2.45, 2.75) is 58.9 Å². The Morgan fingerprint density at radius 3 is 2.64 bits per heavy atom. The van der Waals surface area contributed by atoms with Crippen molar-refractivity contribution in [1.82, 2.24) is 9.88 Å². The summed E-state index contributed by atoms with van der Waals surface area (Å²) in [5.74, 6) is 0.0999. The van der Waals surface area contributed by atoms with Crippen molar-refractivity contribution < 1.29 is 4.79 Å². The van der Waals surface area contributed by atoms with Crippen molar-refractivity contribution in [3.8, 4) is 0 Å². The Morgan fingerprint density at radius 2 is 1.96 bits per heavy atom. The molecule has 2 fully saturated rings. The smallest absolute Gasteiger partial charge is 0.267 e. The van der Waals surface area contributed by atoms with Crippen LogP contribution in [0.15, 0.2) is 39.7 Å². The minimum atomic E-state index is 0.0999. The molecule has 6 heteroatoms. The zero-order chi connectivity index (χ0) is 19.7. The molecule has 1 aliphatic carbocycles. The van der Waals surface area contributed by atoms with E-state index in [0.717, 1.165) is 34.1 Å².